The molecule has 0 aliphatic carbocycles. The summed E-state index contributed by atoms with van der Waals surface area (Å²) in [6.07, 6.45) is 0. The zero-order valence-electron chi connectivity index (χ0n) is 16.6. The van der Waals surface area contributed by atoms with Crippen LogP contribution in [0.2, 0.25) is 0 Å². The molecule has 1 aliphatic heterocycles. The van der Waals surface area contributed by atoms with Crippen molar-refractivity contribution in [3.8, 4) is 11.5 Å². The molecule has 0 spiro atoms. The van der Waals surface area contributed by atoms with Crippen molar-refractivity contribution in [2.24, 2.45) is 0 Å². The van der Waals surface area contributed by atoms with Crippen LogP contribution in [0.25, 0.3) is 10.8 Å². The topological polar surface area (TPSA) is 93.7 Å². The van der Waals surface area contributed by atoms with Crippen molar-refractivity contribution < 1.29 is 22.7 Å². The molecule has 156 valence electrons. The van der Waals surface area contributed by atoms with Crippen molar-refractivity contribution in [3.05, 3.63) is 60.2 Å². The van der Waals surface area contributed by atoms with Gasteiger partial charge in [0.1, 0.15) is 11.5 Å². The number of sulfonamides is 1. The molecule has 4 rings (SSSR count). The van der Waals surface area contributed by atoms with E-state index in [4.69, 9.17) is 9.47 Å². The molecule has 3 aromatic carbocycles. The smallest absolute Gasteiger partial charge is 0.262 e. The maximum atomic E-state index is 13.2. The van der Waals surface area contributed by atoms with Crippen molar-refractivity contribution in [2.45, 2.75) is 24.8 Å². The van der Waals surface area contributed by atoms with E-state index >= 15 is 0 Å². The molecule has 0 saturated heterocycles. The summed E-state index contributed by atoms with van der Waals surface area (Å²) in [5, 5.41) is 4.07. The van der Waals surface area contributed by atoms with Crippen LogP contribution in [0.5, 0.6) is 11.5 Å². The summed E-state index contributed by atoms with van der Waals surface area (Å²) < 4.78 is 40.1. The summed E-state index contributed by atoms with van der Waals surface area (Å²) >= 11 is 0. The number of hydrogen-bond donors (Lipinski definition) is 2. The second-order valence-electron chi connectivity index (χ2n) is 6.98. The fourth-order valence-electron chi connectivity index (χ4n) is 3.49. The highest BCUT2D eigenvalue weighted by Crippen LogP contribution is 2.33. The van der Waals surface area contributed by atoms with Gasteiger partial charge in [0.25, 0.3) is 5.91 Å². The Hall–Kier alpha value is -3.10. The van der Waals surface area contributed by atoms with E-state index in [0.717, 1.165) is 5.39 Å². The van der Waals surface area contributed by atoms with Gasteiger partial charge in [-0.1, -0.05) is 30.3 Å². The zero-order valence-corrected chi connectivity index (χ0v) is 17.5. The minimum Gasteiger partial charge on any atom is -0.493 e. The van der Waals surface area contributed by atoms with Gasteiger partial charge in [0.2, 0.25) is 10.0 Å². The first-order chi connectivity index (χ1) is 14.4. The maximum absolute atomic E-state index is 13.2. The summed E-state index contributed by atoms with van der Waals surface area (Å²) in [5.74, 6) is 0.963. The Kier molecular flexibility index (Phi) is 5.36. The van der Waals surface area contributed by atoms with Gasteiger partial charge < -0.3 is 14.8 Å². The fourth-order valence-corrected chi connectivity index (χ4v) is 4.94. The van der Waals surface area contributed by atoms with Gasteiger partial charge in [-0.2, -0.15) is 0 Å². The van der Waals surface area contributed by atoms with E-state index in [-0.39, 0.29) is 17.4 Å². The predicted octanol–water partition coefficient (Wildman–Crippen LogP) is 3.61. The van der Waals surface area contributed by atoms with Gasteiger partial charge in [0, 0.05) is 16.8 Å². The van der Waals surface area contributed by atoms with Gasteiger partial charge in [-0.15, -0.1) is 0 Å². The van der Waals surface area contributed by atoms with Crippen LogP contribution >= 0.6 is 0 Å². The van der Waals surface area contributed by atoms with Crippen LogP contribution in [0.3, 0.4) is 0 Å². The van der Waals surface area contributed by atoms with E-state index in [1.54, 1.807) is 49.4 Å². The molecule has 8 heteroatoms. The monoisotopic (exact) mass is 426 g/mol. The van der Waals surface area contributed by atoms with Crippen molar-refractivity contribution >= 4 is 32.4 Å². The molecular weight excluding hydrogens is 404 g/mol. The Labute approximate surface area is 175 Å². The van der Waals surface area contributed by atoms with Gasteiger partial charge in [-0.05, 0) is 43.7 Å². The number of carbonyl (C=O) groups excluding carboxylic acids is 1. The molecule has 0 aromatic heterocycles. The SMILES string of the molecule is CCOc1ccc(S(=O)(=O)NC(C)c2ccc3c(c2)NC(=O)CO3)c2ccccc12. The second-order valence-corrected chi connectivity index (χ2v) is 8.66. The molecule has 0 bridgehead atoms. The molecular formula is C22H22N2O5S. The Balaban J connectivity index is 1.66. The van der Waals surface area contributed by atoms with Crippen molar-refractivity contribution in [2.75, 3.05) is 18.5 Å². The molecule has 0 saturated carbocycles. The number of nitrogens with one attached hydrogen (secondary N) is 2. The summed E-state index contributed by atoms with van der Waals surface area (Å²) in [7, 11) is -3.82. The number of fused-ring (bicyclic) bond motifs is 2. The molecule has 7 nitrogen and oxygen atoms in total. The number of hydrogen-bond acceptors (Lipinski definition) is 5. The number of benzene rings is 3. The Bertz CT molecular complexity index is 1220. The molecule has 1 atom stereocenters. The first kappa shape index (κ1) is 20.2. The van der Waals surface area contributed by atoms with Crippen molar-refractivity contribution in [1.82, 2.24) is 4.72 Å². The highest BCUT2D eigenvalue weighted by molar-refractivity contribution is 7.89. The minimum atomic E-state index is -3.82. The Morgan fingerprint density at radius 1 is 1.13 bits per heavy atom. The molecule has 1 aliphatic rings. The van der Waals surface area contributed by atoms with E-state index in [2.05, 4.69) is 10.0 Å². The Morgan fingerprint density at radius 3 is 2.67 bits per heavy atom. The first-order valence-corrected chi connectivity index (χ1v) is 11.1. The summed E-state index contributed by atoms with van der Waals surface area (Å²) in [6.45, 7) is 4.10. The summed E-state index contributed by atoms with van der Waals surface area (Å²) in [5.41, 5.74) is 1.24. The average Bonchev–Trinajstić information content (AvgIpc) is 2.73. The lowest BCUT2D eigenvalue weighted by atomic mass is 10.1. The average molecular weight is 426 g/mol. The molecule has 0 fully saturated rings. The third-order valence-corrected chi connectivity index (χ3v) is 6.50. The van der Waals surface area contributed by atoms with Gasteiger partial charge >= 0.3 is 0 Å². The zero-order chi connectivity index (χ0) is 21.3. The maximum Gasteiger partial charge on any atom is 0.262 e. The van der Waals surface area contributed by atoms with Crippen molar-refractivity contribution in [1.29, 1.82) is 0 Å². The van der Waals surface area contributed by atoms with Crippen LogP contribution in [-0.2, 0) is 14.8 Å². The van der Waals surface area contributed by atoms with E-state index in [1.165, 1.54) is 0 Å². The lowest BCUT2D eigenvalue weighted by Crippen LogP contribution is -2.28. The molecule has 1 heterocycles. The van der Waals surface area contributed by atoms with Crippen LogP contribution in [0.1, 0.15) is 25.5 Å². The summed E-state index contributed by atoms with van der Waals surface area (Å²) in [4.78, 5) is 11.7. The van der Waals surface area contributed by atoms with Gasteiger partial charge in [-0.3, -0.25) is 4.79 Å². The normalized spacial score (nSPS) is 14.5. The van der Waals surface area contributed by atoms with E-state index in [1.807, 2.05) is 19.1 Å². The molecule has 1 unspecified atom stereocenters. The van der Waals surface area contributed by atoms with Gasteiger partial charge in [0.15, 0.2) is 6.61 Å². The fraction of sp³-hybridized carbons (Fsp3) is 0.227. The molecule has 1 amide bonds. The lowest BCUT2D eigenvalue weighted by Gasteiger charge is -2.21. The quantitative estimate of drug-likeness (QED) is 0.628. The third-order valence-electron chi connectivity index (χ3n) is 4.90. The molecule has 0 radical (unpaired) electrons. The number of carbonyl (C=O) groups is 1. The van der Waals surface area contributed by atoms with E-state index in [0.29, 0.717) is 34.7 Å². The van der Waals surface area contributed by atoms with Crippen LogP contribution in [-0.4, -0.2) is 27.5 Å². The standard InChI is InChI=1S/C22H22N2O5S/c1-3-28-19-10-11-21(17-7-5-4-6-16(17)19)30(26,27)24-14(2)15-8-9-20-18(12-15)23-22(25)13-29-20/h4-12,14,24H,3,13H2,1-2H3,(H,23,25). The molecule has 30 heavy (non-hydrogen) atoms. The molecule has 2 N–H and O–H groups in total. The van der Waals surface area contributed by atoms with Gasteiger partial charge in [-0.25, -0.2) is 13.1 Å². The first-order valence-electron chi connectivity index (χ1n) is 9.62. The van der Waals surface area contributed by atoms with Crippen LogP contribution in [0.15, 0.2) is 59.5 Å². The van der Waals surface area contributed by atoms with Crippen LogP contribution in [0.4, 0.5) is 5.69 Å². The second kappa shape index (κ2) is 7.97. The Morgan fingerprint density at radius 2 is 1.90 bits per heavy atom. The highest BCUT2D eigenvalue weighted by atomic mass is 32.2. The van der Waals surface area contributed by atoms with Crippen molar-refractivity contribution in [3.63, 3.8) is 0 Å². The van der Waals surface area contributed by atoms with Crippen LogP contribution < -0.4 is 19.5 Å². The van der Waals surface area contributed by atoms with Crippen LogP contribution in [0, 0.1) is 0 Å². The minimum absolute atomic E-state index is 0.0284. The predicted molar refractivity (Wildman–Crippen MR) is 114 cm³/mol. The third kappa shape index (κ3) is 3.83. The summed E-state index contributed by atoms with van der Waals surface area (Å²) in [6, 6.07) is 15.2. The lowest BCUT2D eigenvalue weighted by molar-refractivity contribution is -0.118. The number of anilines is 1. The van der Waals surface area contributed by atoms with Gasteiger partial charge in [0.05, 0.1) is 17.2 Å². The molecule has 3 aromatic rings. The van der Waals surface area contributed by atoms with E-state index in [9.17, 15) is 13.2 Å². The number of ether oxygens (including phenoxy) is 2. The largest absolute Gasteiger partial charge is 0.493 e. The number of amides is 1. The van der Waals surface area contributed by atoms with E-state index < -0.39 is 16.1 Å². The highest BCUT2D eigenvalue weighted by Gasteiger charge is 2.23. The number of rotatable bonds is 6.